The molecule has 0 aromatic carbocycles. The Morgan fingerprint density at radius 1 is 1.42 bits per heavy atom. The van der Waals surface area contributed by atoms with Gasteiger partial charge in [0, 0.05) is 6.42 Å². The highest BCUT2D eigenvalue weighted by Gasteiger charge is 2.20. The van der Waals surface area contributed by atoms with E-state index >= 15 is 0 Å². The molecule has 0 aliphatic rings. The van der Waals surface area contributed by atoms with Gasteiger partial charge in [-0.05, 0) is 11.8 Å². The molecule has 0 radical (unpaired) electrons. The van der Waals surface area contributed by atoms with E-state index in [1.165, 1.54) is 0 Å². The van der Waals surface area contributed by atoms with Crippen molar-refractivity contribution in [3.63, 3.8) is 0 Å². The summed E-state index contributed by atoms with van der Waals surface area (Å²) in [5.41, 5.74) is 5.76. The molecule has 1 atom stereocenters. The van der Waals surface area contributed by atoms with Crippen molar-refractivity contribution in [1.29, 1.82) is 0 Å². The lowest BCUT2D eigenvalue weighted by Gasteiger charge is -2.19. The third-order valence-electron chi connectivity index (χ3n) is 1.72. The van der Waals surface area contributed by atoms with Crippen molar-refractivity contribution in [2.45, 2.75) is 53.0 Å². The van der Waals surface area contributed by atoms with Crippen LogP contribution < -0.4 is 5.73 Å². The summed E-state index contributed by atoms with van der Waals surface area (Å²) >= 11 is 0. The molecule has 0 aromatic rings. The van der Waals surface area contributed by atoms with Crippen molar-refractivity contribution < 1.29 is 4.79 Å². The van der Waals surface area contributed by atoms with Crippen LogP contribution in [0.25, 0.3) is 0 Å². The Bertz CT molecular complexity index is 146. The summed E-state index contributed by atoms with van der Waals surface area (Å²) in [6, 6.07) is -0.241. The normalized spacial score (nSPS) is 14.4. The maximum Gasteiger partial charge on any atom is 0.150 e. The Labute approximate surface area is 75.5 Å². The van der Waals surface area contributed by atoms with Crippen molar-refractivity contribution in [2.24, 2.45) is 11.1 Å². The number of rotatable bonds is 4. The van der Waals surface area contributed by atoms with Crippen LogP contribution in [0.4, 0.5) is 0 Å². The first kappa shape index (κ1) is 11.6. The van der Waals surface area contributed by atoms with Gasteiger partial charge < -0.3 is 5.73 Å². The lowest BCUT2D eigenvalue weighted by atomic mass is 9.87. The van der Waals surface area contributed by atoms with Gasteiger partial charge in [-0.25, -0.2) is 0 Å². The summed E-state index contributed by atoms with van der Waals surface area (Å²) in [4.78, 5) is 11.4. The largest absolute Gasteiger partial charge is 0.322 e. The first-order valence-electron chi connectivity index (χ1n) is 4.65. The van der Waals surface area contributed by atoms with Crippen LogP contribution in [0.15, 0.2) is 0 Å². The van der Waals surface area contributed by atoms with E-state index in [0.717, 1.165) is 12.8 Å². The maximum atomic E-state index is 11.4. The number of hydrogen-bond acceptors (Lipinski definition) is 2. The quantitative estimate of drug-likeness (QED) is 0.704. The van der Waals surface area contributed by atoms with E-state index in [1.807, 2.05) is 6.92 Å². The minimum Gasteiger partial charge on any atom is -0.322 e. The molecule has 2 nitrogen and oxygen atoms in total. The van der Waals surface area contributed by atoms with Gasteiger partial charge in [0.25, 0.3) is 0 Å². The van der Waals surface area contributed by atoms with E-state index in [0.29, 0.717) is 6.42 Å². The van der Waals surface area contributed by atoms with Crippen LogP contribution >= 0.6 is 0 Å². The van der Waals surface area contributed by atoms with Gasteiger partial charge in [-0.3, -0.25) is 4.79 Å². The van der Waals surface area contributed by atoms with Crippen molar-refractivity contribution in [2.75, 3.05) is 0 Å². The van der Waals surface area contributed by atoms with Gasteiger partial charge in [-0.15, -0.1) is 0 Å². The Morgan fingerprint density at radius 3 is 2.25 bits per heavy atom. The number of carbonyl (C=O) groups excluding carboxylic acids is 1. The first-order valence-corrected chi connectivity index (χ1v) is 4.65. The molecule has 0 aromatic heterocycles. The molecule has 0 aliphatic heterocycles. The molecule has 0 spiro atoms. The topological polar surface area (TPSA) is 43.1 Å². The molecule has 0 saturated heterocycles. The molecular weight excluding hydrogens is 150 g/mol. The third-order valence-corrected chi connectivity index (χ3v) is 1.72. The predicted molar refractivity (Wildman–Crippen MR) is 52.0 cm³/mol. The van der Waals surface area contributed by atoms with Crippen LogP contribution in [0.3, 0.4) is 0 Å². The highest BCUT2D eigenvalue weighted by atomic mass is 16.1. The average molecular weight is 171 g/mol. The van der Waals surface area contributed by atoms with E-state index in [-0.39, 0.29) is 17.2 Å². The second kappa shape index (κ2) is 4.61. The number of nitrogens with two attached hydrogens (primary N) is 1. The monoisotopic (exact) mass is 171 g/mol. The Morgan fingerprint density at radius 2 is 1.92 bits per heavy atom. The van der Waals surface area contributed by atoms with Crippen molar-refractivity contribution in [3.05, 3.63) is 0 Å². The number of Topliss-reactive ketones (excluding diaryl/α,β-unsaturated/α-hetero) is 1. The third kappa shape index (κ3) is 5.30. The van der Waals surface area contributed by atoms with Crippen LogP contribution in [-0.2, 0) is 4.79 Å². The van der Waals surface area contributed by atoms with Gasteiger partial charge >= 0.3 is 0 Å². The molecule has 12 heavy (non-hydrogen) atoms. The van der Waals surface area contributed by atoms with E-state index in [9.17, 15) is 4.79 Å². The Hall–Kier alpha value is -0.370. The molecule has 0 rings (SSSR count). The molecule has 72 valence electrons. The summed E-state index contributed by atoms with van der Waals surface area (Å²) in [6.07, 6.45) is 2.39. The SMILES string of the molecule is CCCC(N)C(=O)CC(C)(C)C. The minimum absolute atomic E-state index is 0.0719. The molecule has 0 fully saturated rings. The molecule has 0 amide bonds. The molecule has 2 heteroatoms. The van der Waals surface area contributed by atoms with Gasteiger partial charge in [0.05, 0.1) is 6.04 Å². The van der Waals surface area contributed by atoms with Crippen molar-refractivity contribution in [3.8, 4) is 0 Å². The smallest absolute Gasteiger partial charge is 0.150 e. The highest BCUT2D eigenvalue weighted by Crippen LogP contribution is 2.19. The Kier molecular flexibility index (Phi) is 4.46. The molecule has 0 heterocycles. The van der Waals surface area contributed by atoms with Crippen LogP contribution in [-0.4, -0.2) is 11.8 Å². The summed E-state index contributed by atoms with van der Waals surface area (Å²) in [5, 5.41) is 0. The standard InChI is InChI=1S/C10H21NO/c1-5-6-8(11)9(12)7-10(2,3)4/h8H,5-7,11H2,1-4H3. The molecule has 0 aliphatic carbocycles. The zero-order valence-corrected chi connectivity index (χ0v) is 8.68. The fourth-order valence-electron chi connectivity index (χ4n) is 1.13. The zero-order chi connectivity index (χ0) is 9.78. The zero-order valence-electron chi connectivity index (χ0n) is 8.68. The van der Waals surface area contributed by atoms with Crippen molar-refractivity contribution >= 4 is 5.78 Å². The fourth-order valence-corrected chi connectivity index (χ4v) is 1.13. The molecule has 1 unspecified atom stereocenters. The fraction of sp³-hybridized carbons (Fsp3) is 0.900. The highest BCUT2D eigenvalue weighted by molar-refractivity contribution is 5.84. The van der Waals surface area contributed by atoms with E-state index < -0.39 is 0 Å². The number of carbonyl (C=O) groups is 1. The average Bonchev–Trinajstić information content (AvgIpc) is 1.84. The summed E-state index contributed by atoms with van der Waals surface area (Å²) in [7, 11) is 0. The summed E-state index contributed by atoms with van der Waals surface area (Å²) < 4.78 is 0. The second-order valence-corrected chi connectivity index (χ2v) is 4.60. The summed E-state index contributed by atoms with van der Waals surface area (Å²) in [5.74, 6) is 0.198. The van der Waals surface area contributed by atoms with Gasteiger partial charge in [0.1, 0.15) is 5.78 Å². The van der Waals surface area contributed by atoms with Gasteiger partial charge in [-0.1, -0.05) is 34.1 Å². The summed E-state index contributed by atoms with van der Waals surface area (Å²) in [6.45, 7) is 8.22. The van der Waals surface area contributed by atoms with E-state index in [4.69, 9.17) is 5.73 Å². The minimum atomic E-state index is -0.241. The molecular formula is C10H21NO. The first-order chi connectivity index (χ1) is 5.37. The van der Waals surface area contributed by atoms with Crippen LogP contribution in [0.5, 0.6) is 0 Å². The van der Waals surface area contributed by atoms with Crippen molar-refractivity contribution in [1.82, 2.24) is 0 Å². The van der Waals surface area contributed by atoms with E-state index in [1.54, 1.807) is 0 Å². The lowest BCUT2D eigenvalue weighted by Crippen LogP contribution is -2.32. The molecule has 2 N–H and O–H groups in total. The molecule has 0 bridgehead atoms. The lowest BCUT2D eigenvalue weighted by molar-refractivity contribution is -0.122. The number of hydrogen-bond donors (Lipinski definition) is 1. The van der Waals surface area contributed by atoms with Crippen LogP contribution in [0.2, 0.25) is 0 Å². The van der Waals surface area contributed by atoms with Gasteiger partial charge in [-0.2, -0.15) is 0 Å². The number of ketones is 1. The van der Waals surface area contributed by atoms with Crippen LogP contribution in [0, 0.1) is 5.41 Å². The predicted octanol–water partition coefficient (Wildman–Crippen LogP) is 2.12. The molecule has 0 saturated carbocycles. The second-order valence-electron chi connectivity index (χ2n) is 4.60. The van der Waals surface area contributed by atoms with Gasteiger partial charge in [0.15, 0.2) is 0 Å². The van der Waals surface area contributed by atoms with E-state index in [2.05, 4.69) is 20.8 Å². The Balaban J connectivity index is 3.87. The van der Waals surface area contributed by atoms with Gasteiger partial charge in [0.2, 0.25) is 0 Å². The maximum absolute atomic E-state index is 11.4. The van der Waals surface area contributed by atoms with Crippen LogP contribution in [0.1, 0.15) is 47.0 Å².